The third-order valence-corrected chi connectivity index (χ3v) is 1.09. The number of hydrogen-bond acceptors (Lipinski definition) is 3. The average molecular weight is 170 g/mol. The van der Waals surface area contributed by atoms with Crippen LogP contribution in [-0.4, -0.2) is 25.1 Å². The summed E-state index contributed by atoms with van der Waals surface area (Å²) in [5.41, 5.74) is 0. The van der Waals surface area contributed by atoms with E-state index in [1.165, 1.54) is 6.26 Å². The van der Waals surface area contributed by atoms with E-state index in [-0.39, 0.29) is 0 Å². The molecule has 0 radical (unpaired) electrons. The van der Waals surface area contributed by atoms with E-state index < -0.39 is 21.0 Å². The normalized spacial score (nSPS) is 16.2. The van der Waals surface area contributed by atoms with E-state index >= 15 is 0 Å². The Balaban J connectivity index is 4.21. The Labute approximate surface area is 55.8 Å². The van der Waals surface area contributed by atoms with Gasteiger partial charge in [-0.2, -0.15) is 0 Å². The monoisotopic (exact) mass is 170 g/mol. The van der Waals surface area contributed by atoms with Crippen molar-refractivity contribution in [3.63, 3.8) is 0 Å². The van der Waals surface area contributed by atoms with Gasteiger partial charge in [0.1, 0.15) is 0 Å². The lowest BCUT2D eigenvalue weighted by Crippen LogP contribution is -1.88. The quantitative estimate of drug-likeness (QED) is 0.533. The molecule has 1 unspecified atom stereocenters. The maximum atomic E-state index is 10.1. The summed E-state index contributed by atoms with van der Waals surface area (Å²) in [5.74, 6) is 0. The lowest BCUT2D eigenvalue weighted by molar-refractivity contribution is 0.601. The number of sulfonamides is 1. The van der Waals surface area contributed by atoms with Crippen LogP contribution in [0.3, 0.4) is 0 Å². The molecule has 0 saturated carbocycles. The standard InChI is InChI=1S/C2H6N2O3S2/c1-8(5)3-4-9(2,6)7/h1-2H3. The highest BCUT2D eigenvalue weighted by Gasteiger charge is 1.94. The van der Waals surface area contributed by atoms with E-state index in [1.807, 2.05) is 0 Å². The second-order valence-electron chi connectivity index (χ2n) is 1.32. The summed E-state index contributed by atoms with van der Waals surface area (Å²) in [6, 6.07) is 0. The summed E-state index contributed by atoms with van der Waals surface area (Å²) in [5, 5.41) is 0. The minimum Gasteiger partial charge on any atom is -0.234 e. The van der Waals surface area contributed by atoms with Gasteiger partial charge in [-0.05, 0) is 4.52 Å². The smallest absolute Gasteiger partial charge is 0.234 e. The van der Waals surface area contributed by atoms with E-state index in [1.54, 1.807) is 0 Å². The first kappa shape index (κ1) is 8.70. The lowest BCUT2D eigenvalue weighted by Gasteiger charge is -1.79. The number of nitrogens with zero attached hydrogens (tertiary/aromatic N) is 2. The van der Waals surface area contributed by atoms with E-state index in [9.17, 15) is 12.6 Å². The molecule has 7 heteroatoms. The molecule has 0 amide bonds. The zero-order chi connectivity index (χ0) is 7.49. The topological polar surface area (TPSA) is 75.9 Å². The molecular weight excluding hydrogens is 164 g/mol. The van der Waals surface area contributed by atoms with Crippen molar-refractivity contribution in [2.45, 2.75) is 0 Å². The third kappa shape index (κ3) is 7.70. The van der Waals surface area contributed by atoms with E-state index in [4.69, 9.17) is 0 Å². The van der Waals surface area contributed by atoms with Crippen molar-refractivity contribution >= 4 is 21.0 Å². The Morgan fingerprint density at radius 2 is 1.89 bits per heavy atom. The predicted octanol–water partition coefficient (Wildman–Crippen LogP) is -0.308. The highest BCUT2D eigenvalue weighted by Crippen LogP contribution is 1.87. The van der Waals surface area contributed by atoms with Gasteiger partial charge in [-0.15, -0.1) is 0 Å². The molecule has 0 aromatic carbocycles. The van der Waals surface area contributed by atoms with Gasteiger partial charge in [0.05, 0.1) is 6.26 Å². The SMILES string of the molecule is CS(=O)N=NS(C)(=O)=O. The summed E-state index contributed by atoms with van der Waals surface area (Å²) in [7, 11) is -4.99. The highest BCUT2D eigenvalue weighted by molar-refractivity contribution is 7.90. The van der Waals surface area contributed by atoms with Crippen molar-refractivity contribution in [3.05, 3.63) is 0 Å². The summed E-state index contributed by atoms with van der Waals surface area (Å²) in [6.45, 7) is 0. The molecule has 5 nitrogen and oxygen atoms in total. The Bertz CT molecular complexity index is 228. The van der Waals surface area contributed by atoms with Crippen LogP contribution in [0.15, 0.2) is 9.04 Å². The van der Waals surface area contributed by atoms with Crippen LogP contribution in [0, 0.1) is 0 Å². The maximum absolute atomic E-state index is 10.1. The fourth-order valence-electron chi connectivity index (χ4n) is 0.107. The van der Waals surface area contributed by atoms with Crippen molar-refractivity contribution in [1.82, 2.24) is 0 Å². The molecule has 0 aromatic rings. The number of rotatable bonds is 2. The Hall–Kier alpha value is -0.300. The molecule has 1 atom stereocenters. The molecule has 0 saturated heterocycles. The van der Waals surface area contributed by atoms with Crippen LogP contribution in [0.25, 0.3) is 0 Å². The Morgan fingerprint density at radius 1 is 1.44 bits per heavy atom. The van der Waals surface area contributed by atoms with Crippen molar-refractivity contribution in [3.8, 4) is 0 Å². The van der Waals surface area contributed by atoms with Crippen molar-refractivity contribution < 1.29 is 12.6 Å². The van der Waals surface area contributed by atoms with Gasteiger partial charge in [-0.3, -0.25) is 0 Å². The second-order valence-corrected chi connectivity index (χ2v) is 3.96. The van der Waals surface area contributed by atoms with Crippen molar-refractivity contribution in [1.29, 1.82) is 0 Å². The van der Waals surface area contributed by atoms with Gasteiger partial charge in [0.2, 0.25) is 0 Å². The van der Waals surface area contributed by atoms with Crippen LogP contribution in [0.4, 0.5) is 0 Å². The minimum atomic E-state index is -3.45. The van der Waals surface area contributed by atoms with Crippen molar-refractivity contribution in [2.24, 2.45) is 9.04 Å². The maximum Gasteiger partial charge on any atom is 0.268 e. The summed E-state index contributed by atoms with van der Waals surface area (Å²) < 4.78 is 36.0. The molecule has 0 heterocycles. The second kappa shape index (κ2) is 3.02. The molecule has 0 N–H and O–H groups in total. The molecule has 0 spiro atoms. The summed E-state index contributed by atoms with van der Waals surface area (Å²) in [6.07, 6.45) is 2.11. The highest BCUT2D eigenvalue weighted by atomic mass is 32.2. The molecule has 0 aliphatic rings. The van der Waals surface area contributed by atoms with E-state index in [0.29, 0.717) is 0 Å². The summed E-state index contributed by atoms with van der Waals surface area (Å²) >= 11 is 0. The average Bonchev–Trinajstić information content (AvgIpc) is 1.59. The van der Waals surface area contributed by atoms with Crippen LogP contribution in [0.1, 0.15) is 0 Å². The molecule has 0 rings (SSSR count). The van der Waals surface area contributed by atoms with Crippen LogP contribution < -0.4 is 0 Å². The fourth-order valence-corrected chi connectivity index (χ4v) is 0.967. The van der Waals surface area contributed by atoms with Crippen LogP contribution in [0.5, 0.6) is 0 Å². The zero-order valence-electron chi connectivity index (χ0n) is 4.94. The molecule has 0 aliphatic heterocycles. The van der Waals surface area contributed by atoms with Gasteiger partial charge in [0.25, 0.3) is 10.0 Å². The number of hydrogen-bond donors (Lipinski definition) is 0. The van der Waals surface area contributed by atoms with Crippen LogP contribution in [-0.2, 0) is 21.0 Å². The molecule has 0 bridgehead atoms. The Morgan fingerprint density at radius 3 is 2.00 bits per heavy atom. The summed E-state index contributed by atoms with van der Waals surface area (Å²) in [4.78, 5) is 0. The minimum absolute atomic E-state index is 0.878. The molecule has 0 aromatic heterocycles. The zero-order valence-corrected chi connectivity index (χ0v) is 6.57. The van der Waals surface area contributed by atoms with Crippen LogP contribution in [0.2, 0.25) is 0 Å². The molecule has 9 heavy (non-hydrogen) atoms. The molecule has 0 fully saturated rings. The largest absolute Gasteiger partial charge is 0.268 e. The molecule has 54 valence electrons. The van der Waals surface area contributed by atoms with E-state index in [0.717, 1.165) is 6.26 Å². The van der Waals surface area contributed by atoms with Gasteiger partial charge >= 0.3 is 0 Å². The van der Waals surface area contributed by atoms with E-state index in [2.05, 4.69) is 9.04 Å². The lowest BCUT2D eigenvalue weighted by atomic mass is 12.0. The van der Waals surface area contributed by atoms with Gasteiger partial charge < -0.3 is 0 Å². The Kier molecular flexibility index (Phi) is 2.92. The van der Waals surface area contributed by atoms with Gasteiger partial charge in [0.15, 0.2) is 11.0 Å². The first-order chi connectivity index (χ1) is 3.92. The molecule has 0 aliphatic carbocycles. The first-order valence-corrected chi connectivity index (χ1v) is 5.24. The van der Waals surface area contributed by atoms with Gasteiger partial charge in [0, 0.05) is 6.26 Å². The fraction of sp³-hybridized carbons (Fsp3) is 1.00. The van der Waals surface area contributed by atoms with Gasteiger partial charge in [-0.1, -0.05) is 4.52 Å². The third-order valence-electron chi connectivity index (χ3n) is 0.297. The predicted molar refractivity (Wildman–Crippen MR) is 33.8 cm³/mol. The molecular formula is C2H6N2O3S2. The first-order valence-electron chi connectivity index (χ1n) is 1.88. The van der Waals surface area contributed by atoms with Crippen LogP contribution >= 0.6 is 0 Å². The van der Waals surface area contributed by atoms with Crippen molar-refractivity contribution in [2.75, 3.05) is 12.5 Å². The van der Waals surface area contributed by atoms with Gasteiger partial charge in [-0.25, -0.2) is 12.6 Å².